The van der Waals surface area contributed by atoms with Crippen LogP contribution in [0.3, 0.4) is 0 Å². The van der Waals surface area contributed by atoms with E-state index in [4.69, 9.17) is 36.5 Å². The van der Waals surface area contributed by atoms with E-state index in [-0.39, 0.29) is 11.7 Å². The van der Waals surface area contributed by atoms with Crippen LogP contribution in [-0.2, 0) is 4.74 Å². The van der Waals surface area contributed by atoms with Crippen molar-refractivity contribution in [1.29, 1.82) is 10.8 Å². The van der Waals surface area contributed by atoms with E-state index >= 15 is 0 Å². The predicted octanol–water partition coefficient (Wildman–Crippen LogP) is 2.35. The first kappa shape index (κ1) is 20.3. The summed E-state index contributed by atoms with van der Waals surface area (Å²) >= 11 is 0. The molecule has 2 aromatic rings. The number of nitrogen functional groups attached to an aromatic ring is 2. The molecule has 0 saturated heterocycles. The van der Waals surface area contributed by atoms with Gasteiger partial charge in [0.2, 0.25) is 0 Å². The van der Waals surface area contributed by atoms with Gasteiger partial charge in [-0.15, -0.1) is 0 Å². The zero-order chi connectivity index (χ0) is 19.8. The van der Waals surface area contributed by atoms with Crippen molar-refractivity contribution in [3.63, 3.8) is 0 Å². The molecule has 0 fully saturated rings. The van der Waals surface area contributed by atoms with Crippen LogP contribution in [0.4, 0.5) is 0 Å². The Hall–Kier alpha value is -3.06. The summed E-state index contributed by atoms with van der Waals surface area (Å²) in [6.07, 6.45) is 0. The Morgan fingerprint density at radius 1 is 0.741 bits per heavy atom. The Kier molecular flexibility index (Phi) is 7.19. The quantitative estimate of drug-likeness (QED) is 0.290. The van der Waals surface area contributed by atoms with E-state index < -0.39 is 0 Å². The van der Waals surface area contributed by atoms with Crippen LogP contribution in [0.5, 0.6) is 11.5 Å². The van der Waals surface area contributed by atoms with Gasteiger partial charge in [0.25, 0.3) is 0 Å². The predicted molar refractivity (Wildman–Crippen MR) is 106 cm³/mol. The molecule has 0 aliphatic heterocycles. The first-order valence-corrected chi connectivity index (χ1v) is 8.62. The fourth-order valence-electron chi connectivity index (χ4n) is 2.60. The fourth-order valence-corrected chi connectivity index (χ4v) is 2.60. The van der Waals surface area contributed by atoms with Gasteiger partial charge in [-0.05, 0) is 61.4 Å². The van der Waals surface area contributed by atoms with Crippen molar-refractivity contribution in [3.05, 3.63) is 58.7 Å². The molecule has 0 spiro atoms. The largest absolute Gasteiger partial charge is 0.491 e. The van der Waals surface area contributed by atoms with Crippen molar-refractivity contribution >= 4 is 11.7 Å². The lowest BCUT2D eigenvalue weighted by atomic mass is 10.1. The number of benzene rings is 2. The van der Waals surface area contributed by atoms with Crippen LogP contribution < -0.4 is 20.9 Å². The molecule has 2 rings (SSSR count). The first-order valence-electron chi connectivity index (χ1n) is 8.62. The summed E-state index contributed by atoms with van der Waals surface area (Å²) in [5.41, 5.74) is 14.2. The van der Waals surface area contributed by atoms with Gasteiger partial charge in [0.15, 0.2) is 0 Å². The third-order valence-corrected chi connectivity index (χ3v) is 3.97. The lowest BCUT2D eigenvalue weighted by Crippen LogP contribution is -2.14. The average molecular weight is 370 g/mol. The van der Waals surface area contributed by atoms with Gasteiger partial charge in [0.05, 0.1) is 13.2 Å². The highest BCUT2D eigenvalue weighted by molar-refractivity contribution is 5.96. The Morgan fingerprint density at radius 3 is 1.48 bits per heavy atom. The fraction of sp³-hybridized carbons (Fsp3) is 0.300. The maximum absolute atomic E-state index is 7.47. The van der Waals surface area contributed by atoms with Gasteiger partial charge in [-0.25, -0.2) is 0 Å². The average Bonchev–Trinajstić information content (AvgIpc) is 2.60. The van der Waals surface area contributed by atoms with E-state index in [9.17, 15) is 0 Å². The molecule has 0 aliphatic rings. The van der Waals surface area contributed by atoms with Crippen LogP contribution in [0.25, 0.3) is 0 Å². The summed E-state index contributed by atoms with van der Waals surface area (Å²) < 4.78 is 16.8. The number of rotatable bonds is 10. The first-order chi connectivity index (χ1) is 12.9. The van der Waals surface area contributed by atoms with Crippen molar-refractivity contribution in [3.8, 4) is 11.5 Å². The molecule has 7 heteroatoms. The Bertz CT molecular complexity index is 753. The van der Waals surface area contributed by atoms with E-state index in [0.29, 0.717) is 37.6 Å². The lowest BCUT2D eigenvalue weighted by molar-refractivity contribution is 0.0764. The summed E-state index contributed by atoms with van der Waals surface area (Å²) in [5, 5.41) is 14.9. The zero-order valence-electron chi connectivity index (χ0n) is 15.7. The number of hydrogen-bond donors (Lipinski definition) is 4. The molecule has 0 heterocycles. The van der Waals surface area contributed by atoms with Gasteiger partial charge in [-0.2, -0.15) is 0 Å². The number of hydrogen-bond acceptors (Lipinski definition) is 5. The highest BCUT2D eigenvalue weighted by Gasteiger charge is 2.04. The monoisotopic (exact) mass is 370 g/mol. The number of ether oxygens (including phenoxy) is 3. The molecule has 6 N–H and O–H groups in total. The summed E-state index contributed by atoms with van der Waals surface area (Å²) in [6.45, 7) is 5.51. The summed E-state index contributed by atoms with van der Waals surface area (Å²) in [5.74, 6) is 1.54. The lowest BCUT2D eigenvalue weighted by Gasteiger charge is -2.11. The molecule has 2 aromatic carbocycles. The van der Waals surface area contributed by atoms with Crippen LogP contribution in [0.1, 0.15) is 22.3 Å². The van der Waals surface area contributed by atoms with E-state index in [1.807, 2.05) is 26.0 Å². The van der Waals surface area contributed by atoms with Crippen LogP contribution in [0.2, 0.25) is 0 Å². The van der Waals surface area contributed by atoms with E-state index in [1.165, 1.54) is 0 Å². The third-order valence-electron chi connectivity index (χ3n) is 3.97. The van der Waals surface area contributed by atoms with Gasteiger partial charge in [-0.1, -0.05) is 0 Å². The van der Waals surface area contributed by atoms with Gasteiger partial charge < -0.3 is 25.7 Å². The summed E-state index contributed by atoms with van der Waals surface area (Å²) in [7, 11) is 0. The molecule has 0 unspecified atom stereocenters. The van der Waals surface area contributed by atoms with E-state index in [1.54, 1.807) is 24.3 Å². The smallest absolute Gasteiger partial charge is 0.123 e. The molecule has 0 atom stereocenters. The van der Waals surface area contributed by atoms with Crippen molar-refractivity contribution < 1.29 is 14.2 Å². The van der Waals surface area contributed by atoms with E-state index in [0.717, 1.165) is 22.6 Å². The molecular formula is C20H26N4O3. The highest BCUT2D eigenvalue weighted by Crippen LogP contribution is 2.18. The summed E-state index contributed by atoms with van der Waals surface area (Å²) in [6, 6.07) is 10.8. The normalized spacial score (nSPS) is 10.4. The Balaban J connectivity index is 1.65. The zero-order valence-corrected chi connectivity index (χ0v) is 15.7. The molecule has 0 amide bonds. The van der Waals surface area contributed by atoms with Crippen LogP contribution in [-0.4, -0.2) is 38.1 Å². The maximum Gasteiger partial charge on any atom is 0.123 e. The minimum Gasteiger partial charge on any atom is -0.491 e. The maximum atomic E-state index is 7.47. The standard InChI is InChI=1S/C20H26N4O3/c1-13-11-15(3-5-17(13)19(21)22)26-9-7-25-8-10-27-16-4-6-18(20(23)24)14(2)12-16/h3-6,11-12H,7-10H2,1-2H3,(H3,21,22)(H3,23,24). The van der Waals surface area contributed by atoms with Crippen molar-refractivity contribution in [2.75, 3.05) is 26.4 Å². The number of nitrogens with two attached hydrogens (primary N) is 2. The molecule has 0 saturated carbocycles. The number of amidine groups is 2. The third kappa shape index (κ3) is 6.00. The van der Waals surface area contributed by atoms with Crippen LogP contribution in [0, 0.1) is 24.7 Å². The van der Waals surface area contributed by atoms with Gasteiger partial charge in [0, 0.05) is 11.1 Å². The summed E-state index contributed by atoms with van der Waals surface area (Å²) in [4.78, 5) is 0. The second-order valence-corrected chi connectivity index (χ2v) is 6.09. The molecule has 27 heavy (non-hydrogen) atoms. The van der Waals surface area contributed by atoms with Crippen LogP contribution in [0.15, 0.2) is 36.4 Å². The van der Waals surface area contributed by atoms with E-state index in [2.05, 4.69) is 0 Å². The Labute approximate surface area is 159 Å². The molecule has 144 valence electrons. The van der Waals surface area contributed by atoms with Gasteiger partial charge in [-0.3, -0.25) is 10.8 Å². The Morgan fingerprint density at radius 2 is 1.15 bits per heavy atom. The van der Waals surface area contributed by atoms with Crippen LogP contribution >= 0.6 is 0 Å². The SMILES string of the molecule is Cc1cc(OCCOCCOc2ccc(C(=N)N)c(C)c2)ccc1C(=N)N. The van der Waals surface area contributed by atoms with Crippen molar-refractivity contribution in [1.82, 2.24) is 0 Å². The minimum atomic E-state index is 0.0495. The van der Waals surface area contributed by atoms with Crippen molar-refractivity contribution in [2.45, 2.75) is 13.8 Å². The molecular weight excluding hydrogens is 344 g/mol. The minimum absolute atomic E-state index is 0.0495. The molecule has 0 aliphatic carbocycles. The molecule has 0 radical (unpaired) electrons. The molecule has 7 nitrogen and oxygen atoms in total. The molecule has 0 aromatic heterocycles. The van der Waals surface area contributed by atoms with Gasteiger partial charge >= 0.3 is 0 Å². The topological polar surface area (TPSA) is 127 Å². The highest BCUT2D eigenvalue weighted by atomic mass is 16.5. The number of nitrogens with one attached hydrogen (secondary N) is 2. The second-order valence-electron chi connectivity index (χ2n) is 6.09. The van der Waals surface area contributed by atoms with Gasteiger partial charge in [0.1, 0.15) is 36.4 Å². The van der Waals surface area contributed by atoms with Crippen molar-refractivity contribution in [2.24, 2.45) is 11.5 Å². The number of aryl methyl sites for hydroxylation is 2. The second kappa shape index (κ2) is 9.59. The molecule has 0 bridgehead atoms.